The third-order valence-electron chi connectivity index (χ3n) is 1.51. The van der Waals surface area contributed by atoms with Crippen LogP contribution in [0.25, 0.3) is 0 Å². The van der Waals surface area contributed by atoms with Crippen molar-refractivity contribution in [3.05, 3.63) is 28.8 Å². The number of hydrogen-bond acceptors (Lipinski definition) is 3. The molecule has 0 N–H and O–H groups in total. The van der Waals surface area contributed by atoms with Gasteiger partial charge in [-0.2, -0.15) is 9.65 Å². The average Bonchev–Trinajstić information content (AvgIpc) is 2.15. The number of pyridine rings is 1. The van der Waals surface area contributed by atoms with Crippen LogP contribution in [0.4, 0.5) is 13.2 Å². The first kappa shape index (κ1) is 10.2. The summed E-state index contributed by atoms with van der Waals surface area (Å²) in [6.45, 7) is 0. The van der Waals surface area contributed by atoms with Crippen LogP contribution in [0.15, 0.2) is 6.07 Å². The first-order valence-corrected chi connectivity index (χ1v) is 3.44. The molecular weight excluding hydrogens is 197 g/mol. The summed E-state index contributed by atoms with van der Waals surface area (Å²) in [5.41, 5.74) is -2.14. The van der Waals surface area contributed by atoms with Crippen LogP contribution in [0.5, 0.6) is 0 Å². The molecule has 0 saturated carbocycles. The second-order valence-corrected chi connectivity index (χ2v) is 2.32. The van der Waals surface area contributed by atoms with Crippen LogP contribution in [0.2, 0.25) is 0 Å². The van der Waals surface area contributed by atoms with E-state index < -0.39 is 29.2 Å². The Hall–Kier alpha value is -1.90. The van der Waals surface area contributed by atoms with Crippen molar-refractivity contribution in [2.45, 2.75) is 6.43 Å². The van der Waals surface area contributed by atoms with Gasteiger partial charge in [0.15, 0.2) is 6.29 Å². The molecule has 0 saturated heterocycles. The molecule has 0 spiro atoms. The van der Waals surface area contributed by atoms with Crippen molar-refractivity contribution < 1.29 is 18.0 Å². The molecule has 0 amide bonds. The lowest BCUT2D eigenvalue weighted by atomic mass is 10.1. The monoisotopic (exact) mass is 200 g/mol. The molecule has 0 atom stereocenters. The maximum absolute atomic E-state index is 12.6. The third kappa shape index (κ3) is 1.71. The van der Waals surface area contributed by atoms with Crippen molar-refractivity contribution in [3.8, 4) is 6.07 Å². The lowest BCUT2D eigenvalue weighted by Gasteiger charge is -2.04. The molecule has 6 heteroatoms. The van der Waals surface area contributed by atoms with Crippen molar-refractivity contribution in [1.82, 2.24) is 4.98 Å². The highest BCUT2D eigenvalue weighted by Gasteiger charge is 2.20. The zero-order chi connectivity index (χ0) is 10.7. The Balaban J connectivity index is 3.50. The summed E-state index contributed by atoms with van der Waals surface area (Å²) < 4.78 is 37.2. The lowest BCUT2D eigenvalue weighted by Crippen LogP contribution is -2.03. The number of nitriles is 1. The second-order valence-electron chi connectivity index (χ2n) is 2.32. The Bertz CT molecular complexity index is 412. The molecule has 0 aliphatic heterocycles. The largest absolute Gasteiger partial charge is 0.296 e. The Morgan fingerprint density at radius 1 is 1.57 bits per heavy atom. The predicted octanol–water partition coefficient (Wildman–Crippen LogP) is 1.84. The summed E-state index contributed by atoms with van der Waals surface area (Å²) in [5, 5.41) is 8.42. The van der Waals surface area contributed by atoms with Gasteiger partial charge in [-0.15, -0.1) is 0 Å². The minimum Gasteiger partial charge on any atom is -0.296 e. The number of aromatic nitrogens is 1. The maximum Gasteiger partial charge on any atom is 0.267 e. The van der Waals surface area contributed by atoms with E-state index in [1.54, 1.807) is 0 Å². The van der Waals surface area contributed by atoms with Crippen molar-refractivity contribution in [1.29, 1.82) is 5.26 Å². The lowest BCUT2D eigenvalue weighted by molar-refractivity contribution is 0.110. The fourth-order valence-electron chi connectivity index (χ4n) is 0.954. The van der Waals surface area contributed by atoms with Crippen LogP contribution in [0.3, 0.4) is 0 Å². The van der Waals surface area contributed by atoms with Gasteiger partial charge in [0.2, 0.25) is 5.95 Å². The van der Waals surface area contributed by atoms with Crippen LogP contribution < -0.4 is 0 Å². The van der Waals surface area contributed by atoms with Gasteiger partial charge in [0.05, 0.1) is 17.2 Å². The van der Waals surface area contributed by atoms with E-state index in [1.807, 2.05) is 0 Å². The van der Waals surface area contributed by atoms with Gasteiger partial charge in [0.25, 0.3) is 6.43 Å². The molecule has 3 nitrogen and oxygen atoms in total. The zero-order valence-corrected chi connectivity index (χ0v) is 6.67. The number of carbonyl (C=O) groups excluding carboxylic acids is 1. The minimum absolute atomic E-state index is 0.00852. The van der Waals surface area contributed by atoms with Crippen molar-refractivity contribution >= 4 is 6.29 Å². The molecule has 1 rings (SSSR count). The fourth-order valence-corrected chi connectivity index (χ4v) is 0.954. The molecule has 1 heterocycles. The predicted molar refractivity (Wildman–Crippen MR) is 39.3 cm³/mol. The molecule has 0 aliphatic carbocycles. The number of alkyl halides is 2. The van der Waals surface area contributed by atoms with Crippen LogP contribution in [0, 0.1) is 17.3 Å². The molecule has 0 aliphatic rings. The van der Waals surface area contributed by atoms with Gasteiger partial charge in [0.1, 0.15) is 5.69 Å². The molecule has 72 valence electrons. The summed E-state index contributed by atoms with van der Waals surface area (Å²) in [5.74, 6) is -1.13. The Labute approximate surface area is 76.8 Å². The zero-order valence-electron chi connectivity index (χ0n) is 6.67. The summed E-state index contributed by atoms with van der Waals surface area (Å²) in [4.78, 5) is 13.2. The SMILES string of the molecule is N#Cc1cc(F)nc(C=O)c1C(F)F. The summed E-state index contributed by atoms with van der Waals surface area (Å²) in [6.07, 6.45) is -3.04. The van der Waals surface area contributed by atoms with E-state index in [1.165, 1.54) is 6.07 Å². The van der Waals surface area contributed by atoms with E-state index in [9.17, 15) is 18.0 Å². The number of carbonyl (C=O) groups is 1. The number of hydrogen-bond donors (Lipinski definition) is 0. The smallest absolute Gasteiger partial charge is 0.267 e. The van der Waals surface area contributed by atoms with E-state index in [0.29, 0.717) is 6.07 Å². The van der Waals surface area contributed by atoms with E-state index >= 15 is 0 Å². The van der Waals surface area contributed by atoms with E-state index in [2.05, 4.69) is 4.98 Å². The summed E-state index contributed by atoms with van der Waals surface area (Å²) >= 11 is 0. The topological polar surface area (TPSA) is 53.8 Å². The molecule has 1 aromatic heterocycles. The third-order valence-corrected chi connectivity index (χ3v) is 1.51. The Morgan fingerprint density at radius 3 is 2.64 bits per heavy atom. The normalized spacial score (nSPS) is 9.93. The van der Waals surface area contributed by atoms with Gasteiger partial charge in [0, 0.05) is 6.07 Å². The molecule has 14 heavy (non-hydrogen) atoms. The van der Waals surface area contributed by atoms with Crippen LogP contribution in [-0.2, 0) is 0 Å². The Morgan fingerprint density at radius 2 is 2.21 bits per heavy atom. The molecule has 0 bridgehead atoms. The Kier molecular flexibility index (Phi) is 2.82. The quantitative estimate of drug-likeness (QED) is 0.540. The number of rotatable bonds is 2. The van der Waals surface area contributed by atoms with Crippen LogP contribution >= 0.6 is 0 Å². The van der Waals surface area contributed by atoms with Gasteiger partial charge in [-0.25, -0.2) is 13.8 Å². The highest BCUT2D eigenvalue weighted by Crippen LogP contribution is 2.24. The standard InChI is InChI=1S/C8H3F3N2O/c9-6-1-4(2-12)7(8(10)11)5(3-14)13-6/h1,3,8H. The van der Waals surface area contributed by atoms with Gasteiger partial charge in [-0.05, 0) is 0 Å². The van der Waals surface area contributed by atoms with Crippen LogP contribution in [0.1, 0.15) is 28.0 Å². The molecule has 0 aromatic carbocycles. The van der Waals surface area contributed by atoms with E-state index in [4.69, 9.17) is 5.26 Å². The van der Waals surface area contributed by atoms with Crippen molar-refractivity contribution in [2.75, 3.05) is 0 Å². The van der Waals surface area contributed by atoms with Crippen molar-refractivity contribution in [3.63, 3.8) is 0 Å². The second kappa shape index (κ2) is 3.87. The molecule has 0 fully saturated rings. The fraction of sp³-hybridized carbons (Fsp3) is 0.125. The highest BCUT2D eigenvalue weighted by atomic mass is 19.3. The van der Waals surface area contributed by atoms with Gasteiger partial charge in [-0.3, -0.25) is 4.79 Å². The minimum atomic E-state index is -3.03. The molecule has 0 unspecified atom stereocenters. The molecule has 0 radical (unpaired) electrons. The average molecular weight is 200 g/mol. The summed E-state index contributed by atoms with van der Waals surface area (Å²) in [6, 6.07) is 1.94. The first-order chi connectivity index (χ1) is 6.60. The molecular formula is C8H3F3N2O. The van der Waals surface area contributed by atoms with E-state index in [0.717, 1.165) is 0 Å². The van der Waals surface area contributed by atoms with Gasteiger partial charge >= 0.3 is 0 Å². The molecule has 1 aromatic rings. The highest BCUT2D eigenvalue weighted by molar-refractivity contribution is 5.75. The van der Waals surface area contributed by atoms with Gasteiger partial charge in [-0.1, -0.05) is 0 Å². The number of halogens is 3. The maximum atomic E-state index is 12.6. The summed E-state index contributed by atoms with van der Waals surface area (Å²) in [7, 11) is 0. The number of aldehydes is 1. The van der Waals surface area contributed by atoms with Crippen molar-refractivity contribution in [2.24, 2.45) is 0 Å². The first-order valence-electron chi connectivity index (χ1n) is 3.44. The van der Waals surface area contributed by atoms with Crippen LogP contribution in [-0.4, -0.2) is 11.3 Å². The van der Waals surface area contributed by atoms with Gasteiger partial charge < -0.3 is 0 Å². The number of nitrogens with zero attached hydrogens (tertiary/aromatic N) is 2. The van der Waals surface area contributed by atoms with E-state index in [-0.39, 0.29) is 6.29 Å².